The van der Waals surface area contributed by atoms with E-state index in [0.29, 0.717) is 40.5 Å². The third-order valence-corrected chi connectivity index (χ3v) is 6.56. The molecule has 2 heterocycles. The molecule has 1 unspecified atom stereocenters. The summed E-state index contributed by atoms with van der Waals surface area (Å²) in [6.45, 7) is 4.31. The number of ketones is 1. The molecule has 0 radical (unpaired) electrons. The Balaban J connectivity index is 1.44. The van der Waals surface area contributed by atoms with Gasteiger partial charge in [-0.1, -0.05) is 44.2 Å². The molecule has 0 saturated heterocycles. The maximum Gasteiger partial charge on any atom is 0.426 e. The summed E-state index contributed by atoms with van der Waals surface area (Å²) in [6.07, 6.45) is -3.88. The van der Waals surface area contributed by atoms with Gasteiger partial charge < -0.3 is 15.4 Å². The van der Waals surface area contributed by atoms with Gasteiger partial charge in [-0.05, 0) is 35.4 Å². The van der Waals surface area contributed by atoms with E-state index in [0.717, 1.165) is 11.3 Å². The summed E-state index contributed by atoms with van der Waals surface area (Å²) in [5.74, 6) is 0.654. The first-order valence-corrected chi connectivity index (χ1v) is 11.6. The van der Waals surface area contributed by atoms with Crippen LogP contribution >= 0.6 is 11.3 Å². The Morgan fingerprint density at radius 3 is 2.64 bits per heavy atom. The smallest absolute Gasteiger partial charge is 0.426 e. The summed E-state index contributed by atoms with van der Waals surface area (Å²) in [7, 11) is 0. The monoisotopic (exact) mass is 474 g/mol. The van der Waals surface area contributed by atoms with E-state index in [1.165, 1.54) is 0 Å². The second-order valence-electron chi connectivity index (χ2n) is 8.33. The fourth-order valence-electron chi connectivity index (χ4n) is 3.76. The number of halogens is 3. The number of anilines is 1. The minimum atomic E-state index is -4.43. The summed E-state index contributed by atoms with van der Waals surface area (Å²) in [4.78, 5) is 12.3. The van der Waals surface area contributed by atoms with Gasteiger partial charge in [0, 0.05) is 28.6 Å². The topological polar surface area (TPSA) is 50.4 Å². The van der Waals surface area contributed by atoms with Gasteiger partial charge in [0.25, 0.3) is 0 Å². The van der Waals surface area contributed by atoms with Gasteiger partial charge in [0.2, 0.25) is 0 Å². The lowest BCUT2D eigenvalue weighted by atomic mass is 10.1. The molecule has 3 aromatic rings. The predicted octanol–water partition coefficient (Wildman–Crippen LogP) is 5.92. The normalized spacial score (nSPS) is 15.4. The molecule has 8 heteroatoms. The predicted molar refractivity (Wildman–Crippen MR) is 125 cm³/mol. The van der Waals surface area contributed by atoms with Crippen LogP contribution in [0.25, 0.3) is 11.1 Å². The molecule has 33 heavy (non-hydrogen) atoms. The molecule has 2 N–H and O–H groups in total. The summed E-state index contributed by atoms with van der Waals surface area (Å²) in [5, 5.41) is 6.37. The van der Waals surface area contributed by atoms with E-state index < -0.39 is 11.1 Å². The van der Waals surface area contributed by atoms with E-state index in [9.17, 15) is 18.0 Å². The molecular formula is C25H25F3N2O2S. The number of thiophene rings is 1. The first kappa shape index (κ1) is 23.3. The maximum atomic E-state index is 13.6. The molecule has 0 bridgehead atoms. The summed E-state index contributed by atoms with van der Waals surface area (Å²) in [5.41, 5.74) is 2.54. The van der Waals surface area contributed by atoms with E-state index in [1.54, 1.807) is 42.5 Å². The van der Waals surface area contributed by atoms with Gasteiger partial charge in [0.15, 0.2) is 5.78 Å². The largest absolute Gasteiger partial charge is 0.488 e. The van der Waals surface area contributed by atoms with Crippen LogP contribution in [0.3, 0.4) is 0 Å². The van der Waals surface area contributed by atoms with E-state index in [1.807, 2.05) is 26.0 Å². The number of benzene rings is 2. The molecule has 0 saturated carbocycles. The van der Waals surface area contributed by atoms with Crippen molar-refractivity contribution in [3.63, 3.8) is 0 Å². The lowest BCUT2D eigenvalue weighted by Crippen LogP contribution is -2.38. The molecule has 1 atom stereocenters. The molecule has 0 amide bonds. The summed E-state index contributed by atoms with van der Waals surface area (Å²) < 4.78 is 46.6. The van der Waals surface area contributed by atoms with E-state index >= 15 is 0 Å². The first-order valence-electron chi connectivity index (χ1n) is 10.7. The number of hydrogen-bond acceptors (Lipinski definition) is 5. The Kier molecular flexibility index (Phi) is 6.76. The van der Waals surface area contributed by atoms with Crippen molar-refractivity contribution in [3.05, 3.63) is 69.9 Å². The van der Waals surface area contributed by atoms with Gasteiger partial charge in [-0.3, -0.25) is 4.79 Å². The van der Waals surface area contributed by atoms with Crippen LogP contribution in [0.1, 0.15) is 29.2 Å². The lowest BCUT2D eigenvalue weighted by Gasteiger charge is -2.12. The number of Topliss-reactive ketones (excluding diaryl/α,β-unsaturated/α-hetero) is 1. The van der Waals surface area contributed by atoms with E-state index in [4.69, 9.17) is 4.74 Å². The maximum absolute atomic E-state index is 13.6. The van der Waals surface area contributed by atoms with Gasteiger partial charge >= 0.3 is 6.18 Å². The Morgan fingerprint density at radius 2 is 1.94 bits per heavy atom. The third kappa shape index (κ3) is 5.57. The van der Waals surface area contributed by atoms with Gasteiger partial charge in [0.05, 0.1) is 12.6 Å². The Labute approximate surface area is 194 Å². The zero-order chi connectivity index (χ0) is 23.6. The number of ether oxygens (including phenoxy) is 1. The second-order valence-corrected chi connectivity index (χ2v) is 9.47. The van der Waals surface area contributed by atoms with E-state index in [2.05, 4.69) is 10.6 Å². The molecule has 1 aliphatic rings. The fourth-order valence-corrected chi connectivity index (χ4v) is 4.72. The zero-order valence-corrected chi connectivity index (χ0v) is 19.1. The van der Waals surface area contributed by atoms with Crippen LogP contribution in [0.15, 0.2) is 54.6 Å². The second kappa shape index (κ2) is 9.57. The van der Waals surface area contributed by atoms with Gasteiger partial charge in [-0.25, -0.2) is 0 Å². The summed E-state index contributed by atoms with van der Waals surface area (Å²) in [6, 6.07) is 15.5. The molecule has 4 nitrogen and oxygen atoms in total. The van der Waals surface area contributed by atoms with Crippen LogP contribution < -0.4 is 15.4 Å². The third-order valence-electron chi connectivity index (χ3n) is 5.41. The van der Waals surface area contributed by atoms with Gasteiger partial charge in [-0.2, -0.15) is 13.2 Å². The number of alkyl halides is 3. The molecule has 174 valence electrons. The highest BCUT2D eigenvalue weighted by Gasteiger charge is 2.36. The highest BCUT2D eigenvalue weighted by atomic mass is 32.1. The molecule has 2 aromatic carbocycles. The van der Waals surface area contributed by atoms with Crippen LogP contribution in [0, 0.1) is 0 Å². The standard InChI is InChI=1S/C25H25F3N2O2S/c1-15(2)29-13-23(31)22-11-17-10-18(8-9-21(17)30-22)32-14-19-12-20(16-6-4-3-5-7-16)24(33-19)25(26,27)28/h3-10,12,15,22,29-30H,11,13-14H2,1-2H3. The van der Waals surface area contributed by atoms with Crippen LogP contribution in [0.4, 0.5) is 18.9 Å². The molecule has 1 aliphatic heterocycles. The van der Waals surface area contributed by atoms with Gasteiger partial charge in [0.1, 0.15) is 17.2 Å². The number of hydrogen-bond donors (Lipinski definition) is 2. The van der Waals surface area contributed by atoms with Crippen molar-refractivity contribution in [2.75, 3.05) is 11.9 Å². The number of rotatable bonds is 8. The number of fused-ring (bicyclic) bond motifs is 1. The van der Waals surface area contributed by atoms with Crippen molar-refractivity contribution in [1.29, 1.82) is 0 Å². The minimum absolute atomic E-state index is 0.0352. The summed E-state index contributed by atoms with van der Waals surface area (Å²) >= 11 is 0.704. The number of carbonyl (C=O) groups is 1. The van der Waals surface area contributed by atoms with Crippen molar-refractivity contribution in [2.24, 2.45) is 0 Å². The Bertz CT molecular complexity index is 1130. The quantitative estimate of drug-likeness (QED) is 0.426. The SMILES string of the molecule is CC(C)NCC(=O)C1Cc2cc(OCc3cc(-c4ccccc4)c(C(F)(F)F)s3)ccc2N1. The van der Waals surface area contributed by atoms with Crippen LogP contribution in [-0.2, 0) is 24.0 Å². The number of nitrogens with one attached hydrogen (secondary N) is 2. The Hall–Kier alpha value is -2.84. The zero-order valence-electron chi connectivity index (χ0n) is 18.3. The molecule has 0 spiro atoms. The molecule has 4 rings (SSSR count). The molecule has 0 fully saturated rings. The lowest BCUT2D eigenvalue weighted by molar-refractivity contribution is -0.133. The van der Waals surface area contributed by atoms with Crippen LogP contribution in [0.5, 0.6) is 5.75 Å². The molecule has 1 aromatic heterocycles. The average Bonchev–Trinajstić information content (AvgIpc) is 3.40. The van der Waals surface area contributed by atoms with Crippen molar-refractivity contribution in [1.82, 2.24) is 5.32 Å². The van der Waals surface area contributed by atoms with Crippen LogP contribution in [-0.4, -0.2) is 24.4 Å². The van der Waals surface area contributed by atoms with Crippen molar-refractivity contribution < 1.29 is 22.7 Å². The molecule has 0 aliphatic carbocycles. The van der Waals surface area contributed by atoms with Crippen molar-refractivity contribution in [3.8, 4) is 16.9 Å². The number of carbonyl (C=O) groups excluding carboxylic acids is 1. The first-order chi connectivity index (χ1) is 15.7. The van der Waals surface area contributed by atoms with Crippen LogP contribution in [0.2, 0.25) is 0 Å². The average molecular weight is 475 g/mol. The van der Waals surface area contributed by atoms with Crippen molar-refractivity contribution in [2.45, 2.75) is 45.1 Å². The fraction of sp³-hybridized carbons (Fsp3) is 0.320. The Morgan fingerprint density at radius 1 is 1.18 bits per heavy atom. The minimum Gasteiger partial charge on any atom is -0.488 e. The highest BCUT2D eigenvalue weighted by molar-refractivity contribution is 7.12. The highest BCUT2D eigenvalue weighted by Crippen LogP contribution is 2.43. The van der Waals surface area contributed by atoms with Gasteiger partial charge in [-0.15, -0.1) is 11.3 Å². The molecular weight excluding hydrogens is 449 g/mol. The van der Waals surface area contributed by atoms with E-state index in [-0.39, 0.29) is 30.0 Å². The van der Waals surface area contributed by atoms with Crippen molar-refractivity contribution >= 4 is 22.8 Å².